The SMILES string of the molecule is CN(C)CCOC1(CCNC(C)(C)C)CCC1. The predicted octanol–water partition coefficient (Wildman–Crippen LogP) is 2.27. The van der Waals surface area contributed by atoms with E-state index >= 15 is 0 Å². The Morgan fingerprint density at radius 2 is 1.88 bits per heavy atom. The molecule has 0 aromatic rings. The molecule has 1 rings (SSSR count). The predicted molar refractivity (Wildman–Crippen MR) is 73.5 cm³/mol. The van der Waals surface area contributed by atoms with Crippen LogP contribution in [0.25, 0.3) is 0 Å². The molecule has 0 amide bonds. The standard InChI is InChI=1S/C14H30N2O/c1-13(2,3)15-10-9-14(7-6-8-14)17-12-11-16(4)5/h15H,6-12H2,1-5H3. The van der Waals surface area contributed by atoms with Crippen molar-refractivity contribution in [3.8, 4) is 0 Å². The molecule has 1 fully saturated rings. The van der Waals surface area contributed by atoms with Crippen LogP contribution in [0.1, 0.15) is 46.5 Å². The number of hydrogen-bond donors (Lipinski definition) is 1. The van der Waals surface area contributed by atoms with Crippen molar-refractivity contribution in [3.63, 3.8) is 0 Å². The Morgan fingerprint density at radius 3 is 2.29 bits per heavy atom. The summed E-state index contributed by atoms with van der Waals surface area (Å²) in [6.45, 7) is 9.59. The van der Waals surface area contributed by atoms with Crippen molar-refractivity contribution in [1.29, 1.82) is 0 Å². The third kappa shape index (κ3) is 5.84. The Balaban J connectivity index is 2.21. The van der Waals surface area contributed by atoms with Gasteiger partial charge in [0.2, 0.25) is 0 Å². The quantitative estimate of drug-likeness (QED) is 0.741. The summed E-state index contributed by atoms with van der Waals surface area (Å²) >= 11 is 0. The van der Waals surface area contributed by atoms with Gasteiger partial charge < -0.3 is 15.0 Å². The second-order valence-electron chi connectivity index (χ2n) is 6.62. The van der Waals surface area contributed by atoms with Gasteiger partial charge in [0, 0.05) is 12.1 Å². The van der Waals surface area contributed by atoms with Gasteiger partial charge in [-0.25, -0.2) is 0 Å². The summed E-state index contributed by atoms with van der Waals surface area (Å²) in [5, 5.41) is 3.55. The number of likely N-dealkylation sites (N-methyl/N-ethyl adjacent to an activating group) is 1. The molecule has 0 bridgehead atoms. The lowest BCUT2D eigenvalue weighted by atomic mass is 9.77. The third-order valence-corrected chi connectivity index (χ3v) is 3.45. The summed E-state index contributed by atoms with van der Waals surface area (Å²) in [6.07, 6.45) is 4.97. The minimum atomic E-state index is 0.189. The maximum Gasteiger partial charge on any atom is 0.0695 e. The van der Waals surface area contributed by atoms with Crippen LogP contribution in [0.2, 0.25) is 0 Å². The van der Waals surface area contributed by atoms with Crippen molar-refractivity contribution < 1.29 is 4.74 Å². The van der Waals surface area contributed by atoms with E-state index in [1.165, 1.54) is 19.3 Å². The molecule has 17 heavy (non-hydrogen) atoms. The van der Waals surface area contributed by atoms with Crippen molar-refractivity contribution in [2.24, 2.45) is 0 Å². The smallest absolute Gasteiger partial charge is 0.0695 e. The van der Waals surface area contributed by atoms with Crippen LogP contribution in [0, 0.1) is 0 Å². The molecule has 1 aliphatic carbocycles. The van der Waals surface area contributed by atoms with Crippen molar-refractivity contribution in [2.75, 3.05) is 33.8 Å². The molecular formula is C14H30N2O. The monoisotopic (exact) mass is 242 g/mol. The molecule has 0 atom stereocenters. The molecule has 3 nitrogen and oxygen atoms in total. The second-order valence-corrected chi connectivity index (χ2v) is 6.62. The Labute approximate surface area is 107 Å². The van der Waals surface area contributed by atoms with Crippen LogP contribution in [-0.2, 0) is 4.74 Å². The van der Waals surface area contributed by atoms with E-state index in [1.54, 1.807) is 0 Å². The highest BCUT2D eigenvalue weighted by Gasteiger charge is 2.37. The lowest BCUT2D eigenvalue weighted by Gasteiger charge is -2.42. The topological polar surface area (TPSA) is 24.5 Å². The van der Waals surface area contributed by atoms with E-state index < -0.39 is 0 Å². The van der Waals surface area contributed by atoms with Crippen LogP contribution < -0.4 is 5.32 Å². The molecular weight excluding hydrogens is 212 g/mol. The number of rotatable bonds is 7. The van der Waals surface area contributed by atoms with E-state index in [4.69, 9.17) is 4.74 Å². The largest absolute Gasteiger partial charge is 0.374 e. The molecule has 1 saturated carbocycles. The number of hydrogen-bond acceptors (Lipinski definition) is 3. The van der Waals surface area contributed by atoms with Crippen LogP contribution in [0.5, 0.6) is 0 Å². The van der Waals surface area contributed by atoms with Crippen LogP contribution in [-0.4, -0.2) is 49.8 Å². The zero-order valence-electron chi connectivity index (χ0n) is 12.3. The summed E-state index contributed by atoms with van der Waals surface area (Å²) in [6, 6.07) is 0. The van der Waals surface area contributed by atoms with E-state index in [2.05, 4.69) is 45.1 Å². The average Bonchev–Trinajstić information content (AvgIpc) is 2.10. The lowest BCUT2D eigenvalue weighted by Crippen LogP contribution is -2.46. The first-order valence-corrected chi connectivity index (χ1v) is 6.87. The molecule has 0 heterocycles. The maximum absolute atomic E-state index is 6.11. The molecule has 1 N–H and O–H groups in total. The van der Waals surface area contributed by atoms with E-state index in [0.717, 1.165) is 26.1 Å². The first-order chi connectivity index (χ1) is 7.83. The number of ether oxygens (including phenoxy) is 1. The molecule has 0 saturated heterocycles. The summed E-state index contributed by atoms with van der Waals surface area (Å²) in [7, 11) is 4.19. The van der Waals surface area contributed by atoms with Gasteiger partial charge in [-0.3, -0.25) is 0 Å². The fourth-order valence-corrected chi connectivity index (χ4v) is 2.15. The Morgan fingerprint density at radius 1 is 1.24 bits per heavy atom. The molecule has 1 aliphatic rings. The van der Waals surface area contributed by atoms with Crippen molar-refractivity contribution in [1.82, 2.24) is 10.2 Å². The Bertz CT molecular complexity index is 217. The van der Waals surface area contributed by atoms with E-state index in [1.807, 2.05) is 0 Å². The van der Waals surface area contributed by atoms with E-state index in [0.29, 0.717) is 0 Å². The van der Waals surface area contributed by atoms with Gasteiger partial charge in [-0.05, 0) is 67.1 Å². The van der Waals surface area contributed by atoms with Gasteiger partial charge >= 0.3 is 0 Å². The fourth-order valence-electron chi connectivity index (χ4n) is 2.15. The summed E-state index contributed by atoms with van der Waals surface area (Å²) < 4.78 is 6.11. The molecule has 0 aromatic heterocycles. The number of nitrogens with one attached hydrogen (secondary N) is 1. The van der Waals surface area contributed by atoms with Gasteiger partial charge in [-0.2, -0.15) is 0 Å². The zero-order chi connectivity index (χ0) is 12.9. The van der Waals surface area contributed by atoms with Crippen molar-refractivity contribution in [2.45, 2.75) is 57.6 Å². The zero-order valence-corrected chi connectivity index (χ0v) is 12.3. The normalized spacial score (nSPS) is 19.4. The van der Waals surface area contributed by atoms with Gasteiger partial charge in [0.1, 0.15) is 0 Å². The van der Waals surface area contributed by atoms with Crippen LogP contribution in [0.3, 0.4) is 0 Å². The van der Waals surface area contributed by atoms with E-state index in [-0.39, 0.29) is 11.1 Å². The van der Waals surface area contributed by atoms with Crippen LogP contribution in [0.15, 0.2) is 0 Å². The Hall–Kier alpha value is -0.120. The van der Waals surface area contributed by atoms with Gasteiger partial charge in [-0.15, -0.1) is 0 Å². The second kappa shape index (κ2) is 6.17. The first kappa shape index (κ1) is 14.9. The van der Waals surface area contributed by atoms with Gasteiger partial charge in [-0.1, -0.05) is 0 Å². The summed E-state index contributed by atoms with van der Waals surface area (Å²) in [4.78, 5) is 2.18. The van der Waals surface area contributed by atoms with Crippen LogP contribution >= 0.6 is 0 Å². The molecule has 0 radical (unpaired) electrons. The van der Waals surface area contributed by atoms with Gasteiger partial charge in [0.25, 0.3) is 0 Å². The van der Waals surface area contributed by atoms with E-state index in [9.17, 15) is 0 Å². The average molecular weight is 242 g/mol. The minimum Gasteiger partial charge on any atom is -0.374 e. The van der Waals surface area contributed by atoms with Gasteiger partial charge in [0.15, 0.2) is 0 Å². The minimum absolute atomic E-state index is 0.189. The number of nitrogens with zero attached hydrogens (tertiary/aromatic N) is 1. The highest BCUT2D eigenvalue weighted by molar-refractivity contribution is 4.91. The van der Waals surface area contributed by atoms with Crippen molar-refractivity contribution >= 4 is 0 Å². The molecule has 0 aromatic carbocycles. The maximum atomic E-state index is 6.11. The molecule has 102 valence electrons. The molecule has 0 aliphatic heterocycles. The summed E-state index contributed by atoms with van der Waals surface area (Å²) in [5.41, 5.74) is 0.406. The molecule has 3 heteroatoms. The highest BCUT2D eigenvalue weighted by atomic mass is 16.5. The van der Waals surface area contributed by atoms with Crippen molar-refractivity contribution in [3.05, 3.63) is 0 Å². The first-order valence-electron chi connectivity index (χ1n) is 6.87. The van der Waals surface area contributed by atoms with Gasteiger partial charge in [0.05, 0.1) is 12.2 Å². The molecule has 0 spiro atoms. The summed E-state index contributed by atoms with van der Waals surface area (Å²) in [5.74, 6) is 0. The third-order valence-electron chi connectivity index (χ3n) is 3.45. The lowest BCUT2D eigenvalue weighted by molar-refractivity contribution is -0.107. The molecule has 0 unspecified atom stereocenters. The fraction of sp³-hybridized carbons (Fsp3) is 1.00. The van der Waals surface area contributed by atoms with Crippen LogP contribution in [0.4, 0.5) is 0 Å². The highest BCUT2D eigenvalue weighted by Crippen LogP contribution is 2.38. The Kier molecular flexibility index (Phi) is 5.42.